The molecule has 2 aromatic rings. The van der Waals surface area contributed by atoms with Crippen molar-refractivity contribution in [2.75, 3.05) is 11.9 Å². The molecule has 0 bridgehead atoms. The summed E-state index contributed by atoms with van der Waals surface area (Å²) in [6.45, 7) is 3.82. The zero-order valence-corrected chi connectivity index (χ0v) is 13.0. The first-order chi connectivity index (χ1) is 11.0. The van der Waals surface area contributed by atoms with E-state index in [2.05, 4.69) is 5.32 Å². The number of aromatic nitrogens is 1. The fourth-order valence-electron chi connectivity index (χ4n) is 2.03. The summed E-state index contributed by atoms with van der Waals surface area (Å²) in [7, 11) is 0. The lowest BCUT2D eigenvalue weighted by atomic mass is 10.2. The average molecular weight is 314 g/mol. The smallest absolute Gasteiger partial charge is 0.338 e. The molecule has 1 heterocycles. The van der Waals surface area contributed by atoms with E-state index in [9.17, 15) is 14.4 Å². The van der Waals surface area contributed by atoms with Gasteiger partial charge in [-0.25, -0.2) is 4.79 Å². The van der Waals surface area contributed by atoms with Crippen molar-refractivity contribution in [1.29, 1.82) is 0 Å². The van der Waals surface area contributed by atoms with Crippen molar-refractivity contribution in [1.82, 2.24) is 4.57 Å². The van der Waals surface area contributed by atoms with Gasteiger partial charge in [0, 0.05) is 18.0 Å². The average Bonchev–Trinajstić information content (AvgIpc) is 2.52. The molecule has 0 radical (unpaired) electrons. The number of rotatable bonds is 5. The van der Waals surface area contributed by atoms with Crippen molar-refractivity contribution < 1.29 is 14.3 Å². The number of ether oxygens (including phenoxy) is 1. The van der Waals surface area contributed by atoms with E-state index in [-0.39, 0.29) is 18.0 Å². The summed E-state index contributed by atoms with van der Waals surface area (Å²) in [5.41, 5.74) is 1.63. The Bertz CT molecular complexity index is 763. The molecule has 0 unspecified atom stereocenters. The highest BCUT2D eigenvalue weighted by Gasteiger charge is 2.08. The van der Waals surface area contributed by atoms with Crippen LogP contribution in [-0.4, -0.2) is 23.1 Å². The predicted octanol–water partition coefficient (Wildman–Crippen LogP) is 1.97. The molecule has 0 saturated heterocycles. The Morgan fingerprint density at radius 2 is 1.83 bits per heavy atom. The van der Waals surface area contributed by atoms with Crippen LogP contribution in [-0.2, 0) is 16.1 Å². The van der Waals surface area contributed by atoms with Gasteiger partial charge < -0.3 is 14.6 Å². The summed E-state index contributed by atoms with van der Waals surface area (Å²) in [4.78, 5) is 35.2. The molecule has 0 saturated carbocycles. The summed E-state index contributed by atoms with van der Waals surface area (Å²) in [6, 6.07) is 9.51. The Kier molecular flexibility index (Phi) is 5.30. The fraction of sp³-hybridized carbons (Fsp3) is 0.235. The zero-order valence-electron chi connectivity index (χ0n) is 13.0. The van der Waals surface area contributed by atoms with E-state index in [0.29, 0.717) is 17.9 Å². The van der Waals surface area contributed by atoms with E-state index in [4.69, 9.17) is 4.74 Å². The van der Waals surface area contributed by atoms with Crippen LogP contribution >= 0.6 is 0 Å². The van der Waals surface area contributed by atoms with Gasteiger partial charge in [-0.05, 0) is 43.7 Å². The number of carbonyl (C=O) groups is 2. The van der Waals surface area contributed by atoms with Gasteiger partial charge in [-0.1, -0.05) is 6.07 Å². The first kappa shape index (κ1) is 16.5. The SMILES string of the molecule is CCOC(=O)c1ccc(NC(=O)Cn2cc(C)ccc2=O)cc1. The zero-order chi connectivity index (χ0) is 16.8. The number of benzene rings is 1. The van der Waals surface area contributed by atoms with Gasteiger partial charge in [-0.3, -0.25) is 9.59 Å². The lowest BCUT2D eigenvalue weighted by Crippen LogP contribution is -2.26. The van der Waals surface area contributed by atoms with Crippen LogP contribution in [0.4, 0.5) is 5.69 Å². The highest BCUT2D eigenvalue weighted by atomic mass is 16.5. The minimum absolute atomic E-state index is 0.0693. The molecule has 0 aliphatic heterocycles. The molecule has 0 aliphatic rings. The number of amides is 1. The highest BCUT2D eigenvalue weighted by Crippen LogP contribution is 2.10. The molecule has 1 N–H and O–H groups in total. The minimum Gasteiger partial charge on any atom is -0.462 e. The molecule has 23 heavy (non-hydrogen) atoms. The van der Waals surface area contributed by atoms with Crippen molar-refractivity contribution >= 4 is 17.6 Å². The Morgan fingerprint density at radius 1 is 1.13 bits per heavy atom. The third kappa shape index (κ3) is 4.54. The van der Waals surface area contributed by atoms with Gasteiger partial charge in [-0.2, -0.15) is 0 Å². The van der Waals surface area contributed by atoms with E-state index < -0.39 is 5.97 Å². The normalized spacial score (nSPS) is 10.2. The summed E-state index contributed by atoms with van der Waals surface area (Å²) in [5, 5.41) is 2.68. The van der Waals surface area contributed by atoms with Gasteiger partial charge in [0.05, 0.1) is 12.2 Å². The number of hydrogen-bond donors (Lipinski definition) is 1. The van der Waals surface area contributed by atoms with Gasteiger partial charge in [0.15, 0.2) is 0 Å². The van der Waals surface area contributed by atoms with Crippen LogP contribution in [0.1, 0.15) is 22.8 Å². The van der Waals surface area contributed by atoms with Crippen LogP contribution in [0, 0.1) is 6.92 Å². The second-order valence-corrected chi connectivity index (χ2v) is 5.02. The van der Waals surface area contributed by atoms with Crippen LogP contribution in [0.3, 0.4) is 0 Å². The van der Waals surface area contributed by atoms with Crippen molar-refractivity contribution in [3.05, 3.63) is 64.1 Å². The molecule has 0 atom stereocenters. The number of nitrogens with zero attached hydrogens (tertiary/aromatic N) is 1. The van der Waals surface area contributed by atoms with E-state index in [1.54, 1.807) is 43.5 Å². The molecular formula is C17H18N2O4. The Hall–Kier alpha value is -2.89. The second kappa shape index (κ2) is 7.40. The molecule has 1 amide bonds. The molecule has 0 spiro atoms. The van der Waals surface area contributed by atoms with Crippen molar-refractivity contribution in [3.8, 4) is 0 Å². The lowest BCUT2D eigenvalue weighted by molar-refractivity contribution is -0.116. The molecular weight excluding hydrogens is 296 g/mol. The number of carbonyl (C=O) groups excluding carboxylic acids is 2. The molecule has 2 rings (SSSR count). The molecule has 1 aromatic heterocycles. The summed E-state index contributed by atoms with van der Waals surface area (Å²) < 4.78 is 6.23. The summed E-state index contributed by atoms with van der Waals surface area (Å²) >= 11 is 0. The van der Waals surface area contributed by atoms with Crippen LogP contribution in [0.15, 0.2) is 47.4 Å². The number of esters is 1. The quantitative estimate of drug-likeness (QED) is 0.856. The second-order valence-electron chi connectivity index (χ2n) is 5.02. The fourth-order valence-corrected chi connectivity index (χ4v) is 2.03. The van der Waals surface area contributed by atoms with Crippen LogP contribution < -0.4 is 10.9 Å². The number of pyridine rings is 1. The summed E-state index contributed by atoms with van der Waals surface area (Å²) in [5.74, 6) is -0.724. The number of anilines is 1. The molecule has 1 aromatic carbocycles. The minimum atomic E-state index is -0.406. The standard InChI is InChI=1S/C17H18N2O4/c1-3-23-17(22)13-5-7-14(8-6-13)18-15(20)11-19-10-12(2)4-9-16(19)21/h4-10H,3,11H2,1-2H3,(H,18,20). The van der Waals surface area contributed by atoms with Crippen molar-refractivity contribution in [2.24, 2.45) is 0 Å². The highest BCUT2D eigenvalue weighted by molar-refractivity contribution is 5.93. The maximum atomic E-state index is 12.0. The van der Waals surface area contributed by atoms with Crippen LogP contribution in [0.2, 0.25) is 0 Å². The molecule has 0 fully saturated rings. The van der Waals surface area contributed by atoms with Gasteiger partial charge in [0.2, 0.25) is 5.91 Å². The van der Waals surface area contributed by atoms with Gasteiger partial charge in [0.1, 0.15) is 6.54 Å². The molecule has 120 valence electrons. The predicted molar refractivity (Wildman–Crippen MR) is 86.5 cm³/mol. The molecule has 0 aliphatic carbocycles. The Balaban J connectivity index is 2.01. The number of nitrogens with one attached hydrogen (secondary N) is 1. The largest absolute Gasteiger partial charge is 0.462 e. The third-order valence-electron chi connectivity index (χ3n) is 3.13. The van der Waals surface area contributed by atoms with Crippen molar-refractivity contribution in [3.63, 3.8) is 0 Å². The van der Waals surface area contributed by atoms with Crippen molar-refractivity contribution in [2.45, 2.75) is 20.4 Å². The number of hydrogen-bond acceptors (Lipinski definition) is 4. The van der Waals surface area contributed by atoms with E-state index in [1.165, 1.54) is 10.6 Å². The van der Waals surface area contributed by atoms with Gasteiger partial charge in [0.25, 0.3) is 5.56 Å². The first-order valence-corrected chi connectivity index (χ1v) is 7.23. The van der Waals surface area contributed by atoms with Crippen LogP contribution in [0.25, 0.3) is 0 Å². The molecule has 6 heteroatoms. The molecule has 6 nitrogen and oxygen atoms in total. The van der Waals surface area contributed by atoms with E-state index >= 15 is 0 Å². The Labute approximate surface area is 133 Å². The van der Waals surface area contributed by atoms with Crippen LogP contribution in [0.5, 0.6) is 0 Å². The van der Waals surface area contributed by atoms with Gasteiger partial charge >= 0.3 is 5.97 Å². The Morgan fingerprint density at radius 3 is 2.48 bits per heavy atom. The van der Waals surface area contributed by atoms with Gasteiger partial charge in [-0.15, -0.1) is 0 Å². The maximum Gasteiger partial charge on any atom is 0.338 e. The number of aryl methyl sites for hydroxylation is 1. The third-order valence-corrected chi connectivity index (χ3v) is 3.13. The van der Waals surface area contributed by atoms with E-state index in [1.807, 2.05) is 6.92 Å². The topological polar surface area (TPSA) is 77.4 Å². The lowest BCUT2D eigenvalue weighted by Gasteiger charge is -2.08. The monoisotopic (exact) mass is 314 g/mol. The first-order valence-electron chi connectivity index (χ1n) is 7.23. The van der Waals surface area contributed by atoms with E-state index in [0.717, 1.165) is 5.56 Å². The summed E-state index contributed by atoms with van der Waals surface area (Å²) in [6.07, 6.45) is 1.63. The maximum absolute atomic E-state index is 12.0.